The predicted molar refractivity (Wildman–Crippen MR) is 80.7 cm³/mol. The largest absolute Gasteiger partial charge is 0.387 e. The molecular weight excluding hydrogens is 272 g/mol. The Bertz CT molecular complexity index is 661. The van der Waals surface area contributed by atoms with Crippen molar-refractivity contribution in [3.05, 3.63) is 77.2 Å². The summed E-state index contributed by atoms with van der Waals surface area (Å²) in [6.45, 7) is 0. The molecule has 0 amide bonds. The highest BCUT2D eigenvalue weighted by molar-refractivity contribution is 7.94. The van der Waals surface area contributed by atoms with Gasteiger partial charge in [0.25, 0.3) is 0 Å². The first-order valence-electron chi connectivity index (χ1n) is 6.26. The molecule has 0 heterocycles. The van der Waals surface area contributed by atoms with E-state index in [0.717, 1.165) is 11.0 Å². The molecule has 104 valence electrons. The lowest BCUT2D eigenvalue weighted by atomic mass is 10.1. The monoisotopic (exact) mass is 288 g/mol. The minimum atomic E-state index is -3.46. The molecule has 0 spiro atoms. The van der Waals surface area contributed by atoms with Gasteiger partial charge in [-0.05, 0) is 17.2 Å². The quantitative estimate of drug-likeness (QED) is 0.920. The third-order valence-electron chi connectivity index (χ3n) is 2.84. The van der Waals surface area contributed by atoms with Crippen LogP contribution in [0, 0.1) is 0 Å². The van der Waals surface area contributed by atoms with Crippen molar-refractivity contribution in [1.29, 1.82) is 0 Å². The number of hydrogen-bond acceptors (Lipinski definition) is 3. The molecule has 2 aromatic rings. The Morgan fingerprint density at radius 2 is 1.50 bits per heavy atom. The first-order chi connectivity index (χ1) is 9.57. The van der Waals surface area contributed by atoms with E-state index >= 15 is 0 Å². The van der Waals surface area contributed by atoms with Crippen LogP contribution in [0.15, 0.2) is 66.1 Å². The molecular formula is C16H16O3S. The second-order valence-corrected chi connectivity index (χ2v) is 6.40. The molecule has 20 heavy (non-hydrogen) atoms. The van der Waals surface area contributed by atoms with Crippen LogP contribution in [0.4, 0.5) is 0 Å². The molecule has 0 aliphatic heterocycles. The van der Waals surface area contributed by atoms with Gasteiger partial charge in [-0.2, -0.15) is 0 Å². The van der Waals surface area contributed by atoms with Crippen LogP contribution < -0.4 is 0 Å². The van der Waals surface area contributed by atoms with E-state index in [1.165, 1.54) is 6.08 Å². The zero-order valence-corrected chi connectivity index (χ0v) is 11.7. The molecule has 0 aliphatic rings. The minimum absolute atomic E-state index is 0.319. The molecule has 0 radical (unpaired) electrons. The van der Waals surface area contributed by atoms with Gasteiger partial charge in [0.15, 0.2) is 9.84 Å². The average Bonchev–Trinajstić information content (AvgIpc) is 2.47. The summed E-state index contributed by atoms with van der Waals surface area (Å²) in [6.07, 6.45) is 0.522. The van der Waals surface area contributed by atoms with Crippen LogP contribution in [0.3, 0.4) is 0 Å². The van der Waals surface area contributed by atoms with E-state index in [1.54, 1.807) is 24.3 Å². The van der Waals surface area contributed by atoms with Crippen molar-refractivity contribution >= 4 is 15.9 Å². The van der Waals surface area contributed by atoms with Gasteiger partial charge in [0.2, 0.25) is 0 Å². The van der Waals surface area contributed by atoms with Gasteiger partial charge in [0.1, 0.15) is 0 Å². The zero-order valence-electron chi connectivity index (χ0n) is 10.9. The van der Waals surface area contributed by atoms with E-state index in [-0.39, 0.29) is 5.75 Å². The summed E-state index contributed by atoms with van der Waals surface area (Å²) >= 11 is 0. The number of sulfone groups is 1. The van der Waals surface area contributed by atoms with Gasteiger partial charge in [-0.15, -0.1) is 0 Å². The molecule has 0 bridgehead atoms. The molecule has 1 N–H and O–H groups in total. The van der Waals surface area contributed by atoms with Crippen molar-refractivity contribution in [3.63, 3.8) is 0 Å². The second kappa shape index (κ2) is 6.50. The lowest BCUT2D eigenvalue weighted by Crippen LogP contribution is -2.12. The molecule has 0 aliphatic carbocycles. The van der Waals surface area contributed by atoms with Crippen LogP contribution >= 0.6 is 0 Å². The van der Waals surface area contributed by atoms with Crippen molar-refractivity contribution in [1.82, 2.24) is 0 Å². The van der Waals surface area contributed by atoms with Crippen molar-refractivity contribution < 1.29 is 13.5 Å². The number of aliphatic hydroxyl groups is 1. The van der Waals surface area contributed by atoms with Crippen LogP contribution in [-0.4, -0.2) is 19.3 Å². The van der Waals surface area contributed by atoms with Crippen LogP contribution in [0.25, 0.3) is 6.08 Å². The first-order valence-corrected chi connectivity index (χ1v) is 7.97. The van der Waals surface area contributed by atoms with Crippen LogP contribution in [-0.2, 0) is 9.84 Å². The van der Waals surface area contributed by atoms with Gasteiger partial charge in [-0.1, -0.05) is 60.7 Å². The maximum atomic E-state index is 11.9. The molecule has 3 nitrogen and oxygen atoms in total. The average molecular weight is 288 g/mol. The van der Waals surface area contributed by atoms with Crippen molar-refractivity contribution in [3.8, 4) is 0 Å². The maximum absolute atomic E-state index is 11.9. The molecule has 2 aromatic carbocycles. The third kappa shape index (κ3) is 4.33. The lowest BCUT2D eigenvalue weighted by Gasteiger charge is -2.09. The van der Waals surface area contributed by atoms with E-state index in [0.29, 0.717) is 5.56 Å². The summed E-state index contributed by atoms with van der Waals surface area (Å²) < 4.78 is 23.9. The lowest BCUT2D eigenvalue weighted by molar-refractivity contribution is 0.202. The summed E-state index contributed by atoms with van der Waals surface area (Å²) in [5.41, 5.74) is 1.41. The molecule has 4 heteroatoms. The molecule has 0 saturated heterocycles. The maximum Gasteiger partial charge on any atom is 0.174 e. The van der Waals surface area contributed by atoms with E-state index in [9.17, 15) is 13.5 Å². The molecule has 0 aromatic heterocycles. The number of rotatable bonds is 5. The van der Waals surface area contributed by atoms with E-state index in [2.05, 4.69) is 0 Å². The number of aliphatic hydroxyl groups excluding tert-OH is 1. The van der Waals surface area contributed by atoms with Gasteiger partial charge in [-0.25, -0.2) is 8.42 Å². The summed E-state index contributed by atoms with van der Waals surface area (Å²) in [5.74, 6) is -0.319. The van der Waals surface area contributed by atoms with Crippen molar-refractivity contribution in [2.45, 2.75) is 6.10 Å². The SMILES string of the molecule is O=S(=O)(/C=C/c1ccccc1)CC(O)c1ccccc1. The van der Waals surface area contributed by atoms with Crippen LogP contribution in [0.5, 0.6) is 0 Å². The highest BCUT2D eigenvalue weighted by atomic mass is 32.2. The Kier molecular flexibility index (Phi) is 4.71. The number of hydrogen-bond donors (Lipinski definition) is 1. The summed E-state index contributed by atoms with van der Waals surface area (Å²) in [6, 6.07) is 18.0. The fourth-order valence-electron chi connectivity index (χ4n) is 1.79. The summed E-state index contributed by atoms with van der Waals surface area (Å²) in [5, 5.41) is 11.1. The van der Waals surface area contributed by atoms with Crippen LogP contribution in [0.2, 0.25) is 0 Å². The van der Waals surface area contributed by atoms with Crippen LogP contribution in [0.1, 0.15) is 17.2 Å². The third-order valence-corrected chi connectivity index (χ3v) is 4.17. The van der Waals surface area contributed by atoms with Gasteiger partial charge in [0.05, 0.1) is 11.9 Å². The molecule has 1 atom stereocenters. The Balaban J connectivity index is 2.06. The smallest absolute Gasteiger partial charge is 0.174 e. The molecule has 0 saturated carbocycles. The van der Waals surface area contributed by atoms with Gasteiger partial charge in [0, 0.05) is 5.41 Å². The summed E-state index contributed by atoms with van der Waals surface area (Å²) in [4.78, 5) is 0. The molecule has 1 unspecified atom stereocenters. The predicted octanol–water partition coefficient (Wildman–Crippen LogP) is 2.81. The Morgan fingerprint density at radius 3 is 2.10 bits per heavy atom. The van der Waals surface area contributed by atoms with E-state index in [4.69, 9.17) is 0 Å². The van der Waals surface area contributed by atoms with E-state index < -0.39 is 15.9 Å². The first kappa shape index (κ1) is 14.5. The second-order valence-electron chi connectivity index (χ2n) is 4.47. The highest BCUT2D eigenvalue weighted by Crippen LogP contribution is 2.15. The highest BCUT2D eigenvalue weighted by Gasteiger charge is 2.15. The van der Waals surface area contributed by atoms with Gasteiger partial charge >= 0.3 is 0 Å². The Labute approximate surface area is 119 Å². The molecule has 0 fully saturated rings. The van der Waals surface area contributed by atoms with Crippen molar-refractivity contribution in [2.24, 2.45) is 0 Å². The van der Waals surface area contributed by atoms with Crippen molar-refractivity contribution in [2.75, 3.05) is 5.75 Å². The number of benzene rings is 2. The zero-order chi connectivity index (χ0) is 14.4. The fraction of sp³-hybridized carbons (Fsp3) is 0.125. The fourth-order valence-corrected chi connectivity index (χ4v) is 2.90. The normalized spacial score (nSPS) is 13.4. The van der Waals surface area contributed by atoms with E-state index in [1.807, 2.05) is 36.4 Å². The Hall–Kier alpha value is -1.91. The topological polar surface area (TPSA) is 54.4 Å². The Morgan fingerprint density at radius 1 is 0.950 bits per heavy atom. The van der Waals surface area contributed by atoms with Gasteiger partial charge < -0.3 is 5.11 Å². The minimum Gasteiger partial charge on any atom is -0.387 e. The molecule has 2 rings (SSSR count). The summed E-state index contributed by atoms with van der Waals surface area (Å²) in [7, 11) is -3.46. The standard InChI is InChI=1S/C16H16O3S/c17-16(15-9-5-2-6-10-15)13-20(18,19)12-11-14-7-3-1-4-8-14/h1-12,16-17H,13H2/b12-11+. The van der Waals surface area contributed by atoms with Gasteiger partial charge in [-0.3, -0.25) is 0 Å².